The van der Waals surface area contributed by atoms with Crippen LogP contribution < -0.4 is 5.32 Å². The van der Waals surface area contributed by atoms with Gasteiger partial charge in [0.2, 0.25) is 0 Å². The van der Waals surface area contributed by atoms with E-state index in [1.54, 1.807) is 0 Å². The van der Waals surface area contributed by atoms with Crippen LogP contribution in [0.15, 0.2) is 29.6 Å². The van der Waals surface area contributed by atoms with Crippen molar-refractivity contribution in [3.63, 3.8) is 0 Å². The summed E-state index contributed by atoms with van der Waals surface area (Å²) >= 11 is 1.89. The molecule has 0 bridgehead atoms. The first-order valence-electron chi connectivity index (χ1n) is 8.07. The maximum absolute atomic E-state index is 3.74. The van der Waals surface area contributed by atoms with Gasteiger partial charge in [0.1, 0.15) is 0 Å². The Kier molecular flexibility index (Phi) is 3.32. The Morgan fingerprint density at radius 2 is 2.10 bits per heavy atom. The maximum atomic E-state index is 3.74. The van der Waals surface area contributed by atoms with Gasteiger partial charge in [-0.15, -0.1) is 11.3 Å². The molecule has 1 aromatic heterocycles. The monoisotopic (exact) mass is 300 g/mol. The van der Waals surface area contributed by atoms with Gasteiger partial charge in [-0.05, 0) is 55.0 Å². The second-order valence-electron chi connectivity index (χ2n) is 7.33. The molecule has 21 heavy (non-hydrogen) atoms. The Morgan fingerprint density at radius 1 is 1.29 bits per heavy atom. The fraction of sp³-hybridized carbons (Fsp3) is 0.556. The van der Waals surface area contributed by atoms with E-state index in [4.69, 9.17) is 0 Å². The summed E-state index contributed by atoms with van der Waals surface area (Å²) < 4.78 is 1.42. The minimum absolute atomic E-state index is 0.233. The second kappa shape index (κ2) is 5.08. The first-order chi connectivity index (χ1) is 10.1. The molecule has 0 spiro atoms. The highest BCUT2D eigenvalue weighted by atomic mass is 32.1. The maximum Gasteiger partial charge on any atom is 0.0346 e. The van der Waals surface area contributed by atoms with Crippen molar-refractivity contribution in [3.05, 3.63) is 35.2 Å². The van der Waals surface area contributed by atoms with Crippen LogP contribution in [0.2, 0.25) is 0 Å². The minimum atomic E-state index is 0.233. The van der Waals surface area contributed by atoms with Crippen molar-refractivity contribution in [1.29, 1.82) is 0 Å². The zero-order valence-corrected chi connectivity index (χ0v) is 13.7. The third-order valence-corrected chi connectivity index (χ3v) is 5.97. The predicted octanol–water partition coefficient (Wildman–Crippen LogP) is 3.86. The number of nitrogens with zero attached hydrogens (tertiary/aromatic N) is 1. The van der Waals surface area contributed by atoms with Crippen molar-refractivity contribution in [2.24, 2.45) is 5.92 Å². The molecule has 1 aliphatic carbocycles. The highest BCUT2D eigenvalue weighted by molar-refractivity contribution is 7.17. The molecule has 0 radical (unpaired) electrons. The van der Waals surface area contributed by atoms with Crippen molar-refractivity contribution in [2.75, 3.05) is 13.1 Å². The lowest BCUT2D eigenvalue weighted by molar-refractivity contribution is 0.0764. The fourth-order valence-electron chi connectivity index (χ4n) is 3.68. The number of piperazine rings is 1. The molecule has 2 heterocycles. The van der Waals surface area contributed by atoms with Crippen LogP contribution in [-0.4, -0.2) is 29.6 Å². The summed E-state index contributed by atoms with van der Waals surface area (Å²) in [5.74, 6) is 0.929. The van der Waals surface area contributed by atoms with Gasteiger partial charge in [0, 0.05) is 35.9 Å². The van der Waals surface area contributed by atoms with Gasteiger partial charge in [-0.25, -0.2) is 0 Å². The van der Waals surface area contributed by atoms with E-state index in [9.17, 15) is 0 Å². The summed E-state index contributed by atoms with van der Waals surface area (Å²) in [6.07, 6.45) is 2.85. The molecule has 1 aliphatic heterocycles. The third kappa shape index (κ3) is 2.75. The number of hydrogen-bond donors (Lipinski definition) is 1. The number of thiophene rings is 1. The Hall–Kier alpha value is -0.900. The Labute approximate surface area is 131 Å². The van der Waals surface area contributed by atoms with Gasteiger partial charge in [0.05, 0.1) is 0 Å². The van der Waals surface area contributed by atoms with Gasteiger partial charge < -0.3 is 5.32 Å². The lowest BCUT2D eigenvalue weighted by atomic mass is 9.96. The van der Waals surface area contributed by atoms with Crippen molar-refractivity contribution >= 4 is 21.4 Å². The molecular weight excluding hydrogens is 276 g/mol. The standard InChI is InChI=1S/C18H24N2S/c1-18(2)12-20(16(9-19-18)13-7-8-13)10-14-11-21-17-6-4-3-5-15(14)17/h3-6,11,13,16,19H,7-10,12H2,1-2H3. The minimum Gasteiger partial charge on any atom is -0.309 e. The van der Waals surface area contributed by atoms with Crippen LogP contribution in [0.4, 0.5) is 0 Å². The third-order valence-electron chi connectivity index (χ3n) is 4.96. The Balaban J connectivity index is 1.60. The summed E-state index contributed by atoms with van der Waals surface area (Å²) in [6, 6.07) is 9.56. The molecule has 1 atom stereocenters. The Morgan fingerprint density at radius 3 is 2.90 bits per heavy atom. The van der Waals surface area contributed by atoms with Gasteiger partial charge in [-0.2, -0.15) is 0 Å². The van der Waals surface area contributed by atoms with Gasteiger partial charge in [-0.3, -0.25) is 4.90 Å². The van der Waals surface area contributed by atoms with Gasteiger partial charge in [0.25, 0.3) is 0 Å². The van der Waals surface area contributed by atoms with E-state index in [0.717, 1.165) is 31.6 Å². The molecule has 1 saturated heterocycles. The molecule has 112 valence electrons. The summed E-state index contributed by atoms with van der Waals surface area (Å²) in [6.45, 7) is 8.07. The number of rotatable bonds is 3. The van der Waals surface area contributed by atoms with Crippen LogP contribution in [-0.2, 0) is 6.54 Å². The molecule has 1 N–H and O–H groups in total. The van der Waals surface area contributed by atoms with E-state index in [1.807, 2.05) is 11.3 Å². The van der Waals surface area contributed by atoms with E-state index in [1.165, 1.54) is 28.5 Å². The van der Waals surface area contributed by atoms with Crippen LogP contribution in [0.25, 0.3) is 10.1 Å². The summed E-state index contributed by atoms with van der Waals surface area (Å²) in [7, 11) is 0. The van der Waals surface area contributed by atoms with Crippen LogP contribution >= 0.6 is 11.3 Å². The molecule has 1 aromatic carbocycles. The zero-order chi connectivity index (χ0) is 14.4. The van der Waals surface area contributed by atoms with Crippen LogP contribution in [0.1, 0.15) is 32.3 Å². The van der Waals surface area contributed by atoms with E-state index in [-0.39, 0.29) is 5.54 Å². The van der Waals surface area contributed by atoms with Crippen LogP contribution in [0.5, 0.6) is 0 Å². The molecule has 0 amide bonds. The predicted molar refractivity (Wildman–Crippen MR) is 90.8 cm³/mol. The van der Waals surface area contributed by atoms with Gasteiger partial charge in [0.15, 0.2) is 0 Å². The first kappa shape index (κ1) is 13.7. The lowest BCUT2D eigenvalue weighted by Crippen LogP contribution is -2.61. The SMILES string of the molecule is CC1(C)CN(Cc2csc3ccccc23)C(C2CC2)CN1. The second-order valence-corrected chi connectivity index (χ2v) is 8.24. The van der Waals surface area contributed by atoms with Crippen molar-refractivity contribution in [2.45, 2.75) is 44.8 Å². The van der Waals surface area contributed by atoms with Gasteiger partial charge >= 0.3 is 0 Å². The number of fused-ring (bicyclic) bond motifs is 1. The van der Waals surface area contributed by atoms with Crippen LogP contribution in [0, 0.1) is 5.92 Å². The van der Waals surface area contributed by atoms with Crippen molar-refractivity contribution < 1.29 is 0 Å². The van der Waals surface area contributed by atoms with Gasteiger partial charge in [-0.1, -0.05) is 18.2 Å². The molecule has 4 rings (SSSR count). The average Bonchev–Trinajstić information content (AvgIpc) is 3.21. The number of hydrogen-bond acceptors (Lipinski definition) is 3. The molecule has 3 heteroatoms. The van der Waals surface area contributed by atoms with E-state index >= 15 is 0 Å². The van der Waals surface area contributed by atoms with E-state index in [2.05, 4.69) is 53.7 Å². The number of benzene rings is 1. The van der Waals surface area contributed by atoms with Crippen molar-refractivity contribution in [3.8, 4) is 0 Å². The van der Waals surface area contributed by atoms with E-state index in [0.29, 0.717) is 0 Å². The summed E-state index contributed by atoms with van der Waals surface area (Å²) in [5, 5.41) is 7.55. The molecule has 2 aliphatic rings. The van der Waals surface area contributed by atoms with Crippen molar-refractivity contribution in [1.82, 2.24) is 10.2 Å². The zero-order valence-electron chi connectivity index (χ0n) is 12.9. The average molecular weight is 300 g/mol. The first-order valence-corrected chi connectivity index (χ1v) is 8.94. The molecule has 2 aromatic rings. The molecule has 2 nitrogen and oxygen atoms in total. The highest BCUT2D eigenvalue weighted by Gasteiger charge is 2.40. The quantitative estimate of drug-likeness (QED) is 0.926. The number of nitrogens with one attached hydrogen (secondary N) is 1. The van der Waals surface area contributed by atoms with E-state index < -0.39 is 0 Å². The molecular formula is C18H24N2S. The largest absolute Gasteiger partial charge is 0.309 e. The lowest BCUT2D eigenvalue weighted by Gasteiger charge is -2.45. The Bertz CT molecular complexity index is 641. The fourth-order valence-corrected chi connectivity index (χ4v) is 4.64. The highest BCUT2D eigenvalue weighted by Crippen LogP contribution is 2.38. The molecule has 2 fully saturated rings. The molecule has 1 saturated carbocycles. The molecule has 1 unspecified atom stereocenters. The topological polar surface area (TPSA) is 15.3 Å². The normalized spacial score (nSPS) is 26.3. The summed E-state index contributed by atoms with van der Waals surface area (Å²) in [5.41, 5.74) is 1.75. The smallest absolute Gasteiger partial charge is 0.0346 e. The van der Waals surface area contributed by atoms with Crippen LogP contribution in [0.3, 0.4) is 0 Å². The summed E-state index contributed by atoms with van der Waals surface area (Å²) in [4.78, 5) is 2.74.